The second kappa shape index (κ2) is 4.38. The zero-order chi connectivity index (χ0) is 11.8. The van der Waals surface area contributed by atoms with Gasteiger partial charge in [-0.25, -0.2) is 0 Å². The van der Waals surface area contributed by atoms with Crippen molar-refractivity contribution in [1.29, 1.82) is 0 Å². The molecule has 2 N–H and O–H groups in total. The van der Waals surface area contributed by atoms with E-state index in [2.05, 4.69) is 10.6 Å². The highest BCUT2D eigenvalue weighted by Gasteiger charge is 2.46. The van der Waals surface area contributed by atoms with Crippen LogP contribution in [0.15, 0.2) is 0 Å². The number of piperidine rings is 1. The van der Waals surface area contributed by atoms with E-state index in [1.807, 2.05) is 0 Å². The fraction of sp³-hybridized carbons (Fsp3) is 0.833. The summed E-state index contributed by atoms with van der Waals surface area (Å²) in [5.41, 5.74) is 0. The number of imide groups is 1. The number of carbonyl (C=O) groups excluding carboxylic acids is 2. The molecule has 5 nitrogen and oxygen atoms in total. The van der Waals surface area contributed by atoms with Crippen molar-refractivity contribution in [3.63, 3.8) is 0 Å². The van der Waals surface area contributed by atoms with Crippen molar-refractivity contribution in [1.82, 2.24) is 15.5 Å². The molecule has 0 aromatic heterocycles. The van der Waals surface area contributed by atoms with Crippen molar-refractivity contribution in [3.05, 3.63) is 0 Å². The molecule has 3 rings (SSSR count). The van der Waals surface area contributed by atoms with Gasteiger partial charge in [0.1, 0.15) is 0 Å². The van der Waals surface area contributed by atoms with E-state index in [0.717, 1.165) is 38.8 Å². The molecule has 5 heteroatoms. The Hall–Kier alpha value is -0.940. The Balaban J connectivity index is 1.60. The van der Waals surface area contributed by atoms with Gasteiger partial charge in [0.15, 0.2) is 0 Å². The van der Waals surface area contributed by atoms with Crippen molar-refractivity contribution >= 4 is 11.8 Å². The van der Waals surface area contributed by atoms with E-state index in [1.165, 1.54) is 4.90 Å². The highest BCUT2D eigenvalue weighted by molar-refractivity contribution is 6.06. The summed E-state index contributed by atoms with van der Waals surface area (Å²) in [6.45, 7) is 2.00. The number of nitrogens with zero attached hydrogens (tertiary/aromatic N) is 1. The second-order valence-corrected chi connectivity index (χ2v) is 5.28. The number of rotatable bonds is 3. The summed E-state index contributed by atoms with van der Waals surface area (Å²) in [5.74, 6) is 0.0277. The minimum Gasteiger partial charge on any atom is -0.317 e. The highest BCUT2D eigenvalue weighted by atomic mass is 16.2. The number of amides is 2. The maximum absolute atomic E-state index is 12.1. The molecule has 1 saturated carbocycles. The van der Waals surface area contributed by atoms with Gasteiger partial charge < -0.3 is 10.6 Å². The van der Waals surface area contributed by atoms with E-state index in [0.29, 0.717) is 12.5 Å². The lowest BCUT2D eigenvalue weighted by Gasteiger charge is -2.26. The molecule has 2 heterocycles. The quantitative estimate of drug-likeness (QED) is 0.657. The van der Waals surface area contributed by atoms with Crippen LogP contribution in [0.4, 0.5) is 0 Å². The number of nitrogens with one attached hydrogen (secondary N) is 2. The molecule has 0 spiro atoms. The maximum Gasteiger partial charge on any atom is 0.247 e. The van der Waals surface area contributed by atoms with Crippen molar-refractivity contribution in [2.75, 3.05) is 13.1 Å². The molecular weight excluding hydrogens is 218 g/mol. The van der Waals surface area contributed by atoms with Gasteiger partial charge in [-0.1, -0.05) is 0 Å². The van der Waals surface area contributed by atoms with Crippen LogP contribution in [0.1, 0.15) is 32.1 Å². The minimum atomic E-state index is -0.258. The molecule has 1 aliphatic carbocycles. The smallest absolute Gasteiger partial charge is 0.247 e. The van der Waals surface area contributed by atoms with Gasteiger partial charge in [0.25, 0.3) is 0 Å². The Morgan fingerprint density at radius 3 is 2.47 bits per heavy atom. The van der Waals surface area contributed by atoms with Gasteiger partial charge in [-0.15, -0.1) is 0 Å². The number of hydrogen-bond donors (Lipinski definition) is 2. The molecule has 2 saturated heterocycles. The van der Waals surface area contributed by atoms with E-state index in [1.54, 1.807) is 0 Å². The normalized spacial score (nSPS) is 31.3. The molecule has 17 heavy (non-hydrogen) atoms. The van der Waals surface area contributed by atoms with Gasteiger partial charge in [-0.2, -0.15) is 0 Å². The van der Waals surface area contributed by atoms with Crippen molar-refractivity contribution in [3.8, 4) is 0 Å². The molecule has 0 radical (unpaired) electrons. The van der Waals surface area contributed by atoms with E-state index in [4.69, 9.17) is 0 Å². The van der Waals surface area contributed by atoms with E-state index >= 15 is 0 Å². The Morgan fingerprint density at radius 1 is 1.12 bits per heavy atom. The summed E-state index contributed by atoms with van der Waals surface area (Å²) in [4.78, 5) is 25.4. The molecule has 1 unspecified atom stereocenters. The summed E-state index contributed by atoms with van der Waals surface area (Å²) in [5, 5.41) is 6.65. The summed E-state index contributed by atoms with van der Waals surface area (Å²) in [6.07, 6.45) is 4.44. The topological polar surface area (TPSA) is 61.4 Å². The largest absolute Gasteiger partial charge is 0.317 e. The Kier molecular flexibility index (Phi) is 2.88. The minimum absolute atomic E-state index is 0.0102. The molecule has 2 amide bonds. The highest BCUT2D eigenvalue weighted by Crippen LogP contribution is 2.31. The first kappa shape index (κ1) is 11.2. The van der Waals surface area contributed by atoms with Crippen LogP contribution < -0.4 is 10.6 Å². The van der Waals surface area contributed by atoms with Crippen molar-refractivity contribution in [2.45, 2.75) is 50.2 Å². The fourth-order valence-electron chi connectivity index (χ4n) is 2.77. The zero-order valence-electron chi connectivity index (χ0n) is 9.95. The molecule has 2 aliphatic heterocycles. The van der Waals surface area contributed by atoms with Crippen molar-refractivity contribution in [2.24, 2.45) is 0 Å². The molecule has 94 valence electrons. The average molecular weight is 237 g/mol. The lowest BCUT2D eigenvalue weighted by Crippen LogP contribution is -2.48. The van der Waals surface area contributed by atoms with Crippen LogP contribution in [0.2, 0.25) is 0 Å². The predicted molar refractivity (Wildman–Crippen MR) is 62.3 cm³/mol. The Labute approximate surface area is 101 Å². The van der Waals surface area contributed by atoms with Gasteiger partial charge in [-0.05, 0) is 38.8 Å². The standard InChI is InChI=1S/C12H19N3O2/c16-11-7-10(12(17)15(11)9-1-2-9)14-8-3-5-13-6-4-8/h8-10,13-14H,1-7H2. The third-order valence-electron chi connectivity index (χ3n) is 3.87. The summed E-state index contributed by atoms with van der Waals surface area (Å²) >= 11 is 0. The van der Waals surface area contributed by atoms with E-state index in [-0.39, 0.29) is 23.9 Å². The van der Waals surface area contributed by atoms with Crippen LogP contribution in [0.3, 0.4) is 0 Å². The second-order valence-electron chi connectivity index (χ2n) is 5.28. The number of carbonyl (C=O) groups is 2. The van der Waals surface area contributed by atoms with Crippen LogP contribution in [-0.4, -0.2) is 47.9 Å². The van der Waals surface area contributed by atoms with Crippen LogP contribution in [0, 0.1) is 0 Å². The van der Waals surface area contributed by atoms with E-state index in [9.17, 15) is 9.59 Å². The third kappa shape index (κ3) is 2.21. The Bertz CT molecular complexity index is 335. The first-order valence-corrected chi connectivity index (χ1v) is 6.58. The van der Waals surface area contributed by atoms with Gasteiger partial charge in [0.2, 0.25) is 11.8 Å². The van der Waals surface area contributed by atoms with Crippen LogP contribution in [0.5, 0.6) is 0 Å². The van der Waals surface area contributed by atoms with Crippen molar-refractivity contribution < 1.29 is 9.59 Å². The van der Waals surface area contributed by atoms with E-state index < -0.39 is 0 Å². The summed E-state index contributed by atoms with van der Waals surface area (Å²) in [7, 11) is 0. The van der Waals surface area contributed by atoms with Gasteiger partial charge in [0, 0.05) is 12.1 Å². The molecule has 0 aromatic carbocycles. The molecule has 0 bridgehead atoms. The molecule has 1 atom stereocenters. The Morgan fingerprint density at radius 2 is 1.82 bits per heavy atom. The molecular formula is C12H19N3O2. The van der Waals surface area contributed by atoms with Crippen LogP contribution in [-0.2, 0) is 9.59 Å². The first-order chi connectivity index (χ1) is 8.25. The zero-order valence-corrected chi connectivity index (χ0v) is 9.95. The maximum atomic E-state index is 12.1. The number of hydrogen-bond acceptors (Lipinski definition) is 4. The molecule has 0 aromatic rings. The monoisotopic (exact) mass is 237 g/mol. The first-order valence-electron chi connectivity index (χ1n) is 6.58. The van der Waals surface area contributed by atoms with Crippen LogP contribution >= 0.6 is 0 Å². The van der Waals surface area contributed by atoms with Gasteiger partial charge in [0.05, 0.1) is 12.5 Å². The molecule has 3 fully saturated rings. The third-order valence-corrected chi connectivity index (χ3v) is 3.87. The average Bonchev–Trinajstić information content (AvgIpc) is 3.10. The molecule has 3 aliphatic rings. The SMILES string of the molecule is O=C1CC(NC2CCNCC2)C(=O)N1C1CC1. The summed E-state index contributed by atoms with van der Waals surface area (Å²) in [6, 6.07) is 0.346. The fourth-order valence-corrected chi connectivity index (χ4v) is 2.77. The van der Waals surface area contributed by atoms with Gasteiger partial charge >= 0.3 is 0 Å². The predicted octanol–water partition coefficient (Wildman–Crippen LogP) is -0.382. The van der Waals surface area contributed by atoms with Crippen LogP contribution in [0.25, 0.3) is 0 Å². The lowest BCUT2D eigenvalue weighted by molar-refractivity contribution is -0.139. The lowest BCUT2D eigenvalue weighted by atomic mass is 10.1. The summed E-state index contributed by atoms with van der Waals surface area (Å²) < 4.78 is 0. The number of likely N-dealkylation sites (tertiary alicyclic amines) is 1. The van der Waals surface area contributed by atoms with Gasteiger partial charge in [-0.3, -0.25) is 14.5 Å².